The summed E-state index contributed by atoms with van der Waals surface area (Å²) < 4.78 is 35.7. The molecule has 0 aromatic heterocycles. The second-order valence-corrected chi connectivity index (χ2v) is 4.35. The Hall–Kier alpha value is -2.18. The van der Waals surface area contributed by atoms with Crippen molar-refractivity contribution in [3.63, 3.8) is 0 Å². The highest BCUT2D eigenvalue weighted by atomic mass is 19.3. The van der Waals surface area contributed by atoms with Gasteiger partial charge in [-0.05, 0) is 5.56 Å². The normalized spacial score (nSPS) is 19.9. The molecule has 0 bridgehead atoms. The molecule has 2 rings (SSSR count). The smallest absolute Gasteiger partial charge is 0.411 e. The molecule has 1 aromatic rings. The van der Waals surface area contributed by atoms with Crippen molar-refractivity contribution in [2.75, 3.05) is 13.7 Å². The summed E-state index contributed by atoms with van der Waals surface area (Å²) in [5.74, 6) is -4.43. The number of likely N-dealkylation sites (tertiary alicyclic amines) is 1. The zero-order valence-corrected chi connectivity index (χ0v) is 10.7. The van der Waals surface area contributed by atoms with Crippen LogP contribution in [0.5, 0.6) is 0 Å². The average Bonchev–Trinajstić information content (AvgIpc) is 2.43. The Morgan fingerprint density at radius 2 is 2.00 bits per heavy atom. The van der Waals surface area contributed by atoms with Crippen LogP contribution in [0.4, 0.5) is 13.6 Å². The van der Waals surface area contributed by atoms with Gasteiger partial charge < -0.3 is 9.47 Å². The van der Waals surface area contributed by atoms with E-state index in [1.807, 2.05) is 0 Å². The van der Waals surface area contributed by atoms with Crippen molar-refractivity contribution in [2.24, 2.45) is 0 Å². The van der Waals surface area contributed by atoms with Gasteiger partial charge in [-0.15, -0.1) is 0 Å². The molecule has 1 aliphatic rings. The number of rotatable bonds is 3. The Morgan fingerprint density at radius 3 is 2.55 bits per heavy atom. The van der Waals surface area contributed by atoms with Crippen LogP contribution >= 0.6 is 0 Å². The third-order valence-electron chi connectivity index (χ3n) is 2.96. The standard InChI is InChI=1S/C13H13F2NO4/c1-19-11(17)10-13(14,15)8-16(10)12(18)20-7-9-5-3-2-4-6-9/h2-6,10H,7-8H2,1H3. The Morgan fingerprint density at radius 1 is 1.35 bits per heavy atom. The Kier molecular flexibility index (Phi) is 3.87. The predicted molar refractivity (Wildman–Crippen MR) is 64.1 cm³/mol. The zero-order chi connectivity index (χ0) is 14.8. The van der Waals surface area contributed by atoms with Gasteiger partial charge in [0, 0.05) is 0 Å². The molecule has 0 saturated carbocycles. The second-order valence-electron chi connectivity index (χ2n) is 4.35. The van der Waals surface area contributed by atoms with Gasteiger partial charge in [0.1, 0.15) is 6.61 Å². The summed E-state index contributed by atoms with van der Waals surface area (Å²) in [7, 11) is 0.990. The molecule has 1 aromatic carbocycles. The summed E-state index contributed by atoms with van der Waals surface area (Å²) in [5.41, 5.74) is 0.725. The molecule has 5 nitrogen and oxygen atoms in total. The number of esters is 1. The van der Waals surface area contributed by atoms with E-state index in [-0.39, 0.29) is 6.61 Å². The highest BCUT2D eigenvalue weighted by Crippen LogP contribution is 2.36. The largest absolute Gasteiger partial charge is 0.467 e. The average molecular weight is 285 g/mol. The first kappa shape index (κ1) is 14.2. The van der Waals surface area contributed by atoms with Crippen molar-refractivity contribution < 1.29 is 27.8 Å². The first-order chi connectivity index (χ1) is 9.45. The number of methoxy groups -OCH3 is 1. The van der Waals surface area contributed by atoms with Crippen molar-refractivity contribution in [1.82, 2.24) is 4.90 Å². The highest BCUT2D eigenvalue weighted by molar-refractivity contribution is 5.84. The van der Waals surface area contributed by atoms with E-state index in [1.165, 1.54) is 0 Å². The van der Waals surface area contributed by atoms with Crippen LogP contribution in [0.25, 0.3) is 0 Å². The Bertz CT molecular complexity index is 506. The number of nitrogens with zero attached hydrogens (tertiary/aromatic N) is 1. The van der Waals surface area contributed by atoms with Crippen LogP contribution in [0.2, 0.25) is 0 Å². The number of amides is 1. The summed E-state index contributed by atoms with van der Waals surface area (Å²) in [5, 5.41) is 0. The third kappa shape index (κ3) is 2.71. The molecule has 0 N–H and O–H groups in total. The minimum Gasteiger partial charge on any atom is -0.467 e. The molecular formula is C13H13F2NO4. The Balaban J connectivity index is 1.95. The van der Waals surface area contributed by atoms with Crippen LogP contribution in [0.15, 0.2) is 30.3 Å². The van der Waals surface area contributed by atoms with E-state index < -0.39 is 30.6 Å². The highest BCUT2D eigenvalue weighted by Gasteiger charge is 2.62. The molecule has 1 heterocycles. The van der Waals surface area contributed by atoms with Crippen LogP contribution in [-0.4, -0.2) is 42.6 Å². The van der Waals surface area contributed by atoms with Gasteiger partial charge >= 0.3 is 12.1 Å². The minimum atomic E-state index is -3.28. The molecule has 0 aliphatic carbocycles. The van der Waals surface area contributed by atoms with Crippen molar-refractivity contribution in [3.8, 4) is 0 Å². The molecule has 1 aliphatic heterocycles. The van der Waals surface area contributed by atoms with Crippen molar-refractivity contribution >= 4 is 12.1 Å². The lowest BCUT2D eigenvalue weighted by atomic mass is 9.99. The zero-order valence-electron chi connectivity index (χ0n) is 10.7. The van der Waals surface area contributed by atoms with E-state index in [4.69, 9.17) is 4.74 Å². The van der Waals surface area contributed by atoms with Crippen LogP contribution in [-0.2, 0) is 20.9 Å². The molecule has 1 saturated heterocycles. The maximum Gasteiger partial charge on any atom is 0.411 e. The van der Waals surface area contributed by atoms with E-state index in [9.17, 15) is 18.4 Å². The minimum absolute atomic E-state index is 0.0460. The number of alkyl halides is 2. The van der Waals surface area contributed by atoms with Gasteiger partial charge in [-0.2, -0.15) is 0 Å². The number of hydrogen-bond acceptors (Lipinski definition) is 4. The quantitative estimate of drug-likeness (QED) is 0.795. The number of halogens is 2. The van der Waals surface area contributed by atoms with Crippen LogP contribution in [0, 0.1) is 0 Å². The molecule has 108 valence electrons. The lowest BCUT2D eigenvalue weighted by molar-refractivity contribution is -0.196. The first-order valence-corrected chi connectivity index (χ1v) is 5.88. The molecule has 1 fully saturated rings. The SMILES string of the molecule is COC(=O)C1N(C(=O)OCc2ccccc2)CC1(F)F. The maximum absolute atomic E-state index is 13.3. The molecule has 20 heavy (non-hydrogen) atoms. The van der Waals surface area contributed by atoms with Crippen LogP contribution < -0.4 is 0 Å². The lowest BCUT2D eigenvalue weighted by Gasteiger charge is -2.44. The summed E-state index contributed by atoms with van der Waals surface area (Å²) in [6.07, 6.45) is -0.963. The number of hydrogen-bond donors (Lipinski definition) is 0. The molecule has 1 amide bonds. The van der Waals surface area contributed by atoms with Gasteiger partial charge in [-0.25, -0.2) is 18.4 Å². The number of carbonyl (C=O) groups excluding carboxylic acids is 2. The third-order valence-corrected chi connectivity index (χ3v) is 2.96. The number of ether oxygens (including phenoxy) is 2. The fraction of sp³-hybridized carbons (Fsp3) is 0.385. The molecule has 0 radical (unpaired) electrons. The van der Waals surface area contributed by atoms with Crippen molar-refractivity contribution in [1.29, 1.82) is 0 Å². The lowest BCUT2D eigenvalue weighted by Crippen LogP contribution is -2.70. The van der Waals surface area contributed by atoms with Gasteiger partial charge in [0.2, 0.25) is 0 Å². The van der Waals surface area contributed by atoms with Gasteiger partial charge in [0.05, 0.1) is 13.7 Å². The van der Waals surface area contributed by atoms with Gasteiger partial charge in [-0.1, -0.05) is 30.3 Å². The summed E-state index contributed by atoms with van der Waals surface area (Å²) in [6, 6.07) is 6.88. The summed E-state index contributed by atoms with van der Waals surface area (Å²) >= 11 is 0. The van der Waals surface area contributed by atoms with Gasteiger partial charge in [-0.3, -0.25) is 4.90 Å². The van der Waals surface area contributed by atoms with Gasteiger partial charge in [0.15, 0.2) is 6.04 Å². The molecule has 7 heteroatoms. The van der Waals surface area contributed by atoms with E-state index in [1.54, 1.807) is 30.3 Å². The molecule has 1 unspecified atom stereocenters. The van der Waals surface area contributed by atoms with Crippen LogP contribution in [0.1, 0.15) is 5.56 Å². The number of carbonyl (C=O) groups is 2. The maximum atomic E-state index is 13.3. The topological polar surface area (TPSA) is 55.8 Å². The van der Waals surface area contributed by atoms with Crippen molar-refractivity contribution in [3.05, 3.63) is 35.9 Å². The molecular weight excluding hydrogens is 272 g/mol. The monoisotopic (exact) mass is 285 g/mol. The molecule has 1 atom stereocenters. The Labute approximate surface area is 114 Å². The first-order valence-electron chi connectivity index (χ1n) is 5.88. The molecule has 0 spiro atoms. The van der Waals surface area contributed by atoms with Crippen molar-refractivity contribution in [2.45, 2.75) is 18.6 Å². The van der Waals surface area contributed by atoms with Crippen LogP contribution in [0.3, 0.4) is 0 Å². The summed E-state index contributed by atoms with van der Waals surface area (Å²) in [4.78, 5) is 23.6. The fourth-order valence-electron chi connectivity index (χ4n) is 1.90. The van der Waals surface area contributed by atoms with E-state index in [0.29, 0.717) is 4.90 Å². The second kappa shape index (κ2) is 5.44. The van der Waals surface area contributed by atoms with E-state index >= 15 is 0 Å². The summed E-state index contributed by atoms with van der Waals surface area (Å²) in [6.45, 7) is -0.893. The van der Waals surface area contributed by atoms with E-state index in [0.717, 1.165) is 12.7 Å². The number of benzene rings is 1. The fourth-order valence-corrected chi connectivity index (χ4v) is 1.90. The van der Waals surface area contributed by atoms with E-state index in [2.05, 4.69) is 4.74 Å². The van der Waals surface area contributed by atoms with Gasteiger partial charge in [0.25, 0.3) is 5.92 Å². The predicted octanol–water partition coefficient (Wildman–Crippen LogP) is 1.82.